The molecule has 102 valence electrons. The van der Waals surface area contributed by atoms with Crippen LogP contribution in [0.15, 0.2) is 18.3 Å². The number of imidazole rings is 1. The molecule has 4 heteroatoms. The van der Waals surface area contributed by atoms with E-state index in [1.807, 2.05) is 12.3 Å². The number of likely N-dealkylation sites (tertiary alicyclic amines) is 1. The maximum absolute atomic E-state index is 4.63. The summed E-state index contributed by atoms with van der Waals surface area (Å²) in [6.07, 6.45) is 4.26. The highest BCUT2D eigenvalue weighted by Gasteiger charge is 2.24. The molecule has 0 aromatic carbocycles. The molecular weight excluding hydrogens is 236 g/mol. The van der Waals surface area contributed by atoms with Crippen molar-refractivity contribution in [2.75, 3.05) is 13.1 Å². The van der Waals surface area contributed by atoms with Crippen LogP contribution in [-0.4, -0.2) is 38.6 Å². The SMILES string of the molecule is Cc1nc2cccnc2n1C1CCN(C(C)C)CC1. The first kappa shape index (κ1) is 12.6. The van der Waals surface area contributed by atoms with Crippen molar-refractivity contribution in [3.8, 4) is 0 Å². The van der Waals surface area contributed by atoms with E-state index in [-0.39, 0.29) is 0 Å². The summed E-state index contributed by atoms with van der Waals surface area (Å²) in [6, 6.07) is 5.21. The van der Waals surface area contributed by atoms with Gasteiger partial charge in [0.2, 0.25) is 0 Å². The summed E-state index contributed by atoms with van der Waals surface area (Å²) in [4.78, 5) is 11.7. The van der Waals surface area contributed by atoms with Gasteiger partial charge in [-0.15, -0.1) is 0 Å². The minimum atomic E-state index is 0.551. The van der Waals surface area contributed by atoms with E-state index in [1.54, 1.807) is 0 Å². The van der Waals surface area contributed by atoms with Crippen LogP contribution in [0.3, 0.4) is 0 Å². The molecular formula is C15H22N4. The first-order chi connectivity index (χ1) is 9.16. The molecule has 1 aliphatic heterocycles. The molecule has 0 atom stereocenters. The highest BCUT2D eigenvalue weighted by Crippen LogP contribution is 2.28. The van der Waals surface area contributed by atoms with Crippen molar-refractivity contribution in [3.05, 3.63) is 24.2 Å². The van der Waals surface area contributed by atoms with Crippen LogP contribution in [0.2, 0.25) is 0 Å². The van der Waals surface area contributed by atoms with Gasteiger partial charge in [-0.25, -0.2) is 9.97 Å². The van der Waals surface area contributed by atoms with Gasteiger partial charge in [-0.05, 0) is 45.7 Å². The predicted octanol–water partition coefficient (Wildman–Crippen LogP) is 2.79. The molecule has 0 aliphatic carbocycles. The number of aryl methyl sites for hydroxylation is 1. The summed E-state index contributed by atoms with van der Waals surface area (Å²) in [7, 11) is 0. The largest absolute Gasteiger partial charge is 0.310 e. The second-order valence-corrected chi connectivity index (χ2v) is 5.74. The topological polar surface area (TPSA) is 34.0 Å². The molecule has 0 N–H and O–H groups in total. The molecule has 3 rings (SSSR count). The molecule has 0 radical (unpaired) electrons. The molecule has 19 heavy (non-hydrogen) atoms. The van der Waals surface area contributed by atoms with Crippen LogP contribution in [0.25, 0.3) is 11.2 Å². The molecule has 2 aromatic heterocycles. The fourth-order valence-corrected chi connectivity index (χ4v) is 3.14. The molecule has 1 aliphatic rings. The molecule has 1 fully saturated rings. The molecule has 2 aromatic rings. The summed E-state index contributed by atoms with van der Waals surface area (Å²) < 4.78 is 2.34. The van der Waals surface area contributed by atoms with E-state index in [9.17, 15) is 0 Å². The molecule has 0 unspecified atom stereocenters. The first-order valence-electron chi connectivity index (χ1n) is 7.20. The summed E-state index contributed by atoms with van der Waals surface area (Å²) >= 11 is 0. The molecule has 1 saturated heterocycles. The summed E-state index contributed by atoms with van der Waals surface area (Å²) in [5.41, 5.74) is 2.06. The first-order valence-corrected chi connectivity index (χ1v) is 7.20. The lowest BCUT2D eigenvalue weighted by Gasteiger charge is -2.35. The smallest absolute Gasteiger partial charge is 0.160 e. The Hall–Kier alpha value is -1.42. The molecule has 0 amide bonds. The molecule has 0 saturated carbocycles. The van der Waals surface area contributed by atoms with E-state index in [0.29, 0.717) is 12.1 Å². The Morgan fingerprint density at radius 2 is 2.00 bits per heavy atom. The Bertz CT molecular complexity index is 565. The number of aromatic nitrogens is 3. The monoisotopic (exact) mass is 258 g/mol. The van der Waals surface area contributed by atoms with E-state index in [1.165, 1.54) is 25.9 Å². The number of fused-ring (bicyclic) bond motifs is 1. The predicted molar refractivity (Wildman–Crippen MR) is 77.2 cm³/mol. The zero-order valence-corrected chi connectivity index (χ0v) is 12.0. The van der Waals surface area contributed by atoms with Crippen molar-refractivity contribution in [1.82, 2.24) is 19.4 Å². The number of rotatable bonds is 2. The summed E-state index contributed by atoms with van der Waals surface area (Å²) in [6.45, 7) is 9.00. The van der Waals surface area contributed by atoms with Gasteiger partial charge in [0.05, 0.1) is 0 Å². The standard InChI is InChI=1S/C15H22N4/c1-11(2)18-9-6-13(7-10-18)19-12(3)17-14-5-4-8-16-15(14)19/h4-5,8,11,13H,6-7,9-10H2,1-3H3. The van der Waals surface area contributed by atoms with Crippen LogP contribution in [0.1, 0.15) is 38.6 Å². The van der Waals surface area contributed by atoms with Gasteiger partial charge in [0.25, 0.3) is 0 Å². The van der Waals surface area contributed by atoms with Crippen molar-refractivity contribution in [2.24, 2.45) is 0 Å². The van der Waals surface area contributed by atoms with Gasteiger partial charge in [-0.2, -0.15) is 0 Å². The second kappa shape index (κ2) is 4.93. The van der Waals surface area contributed by atoms with E-state index in [0.717, 1.165) is 17.0 Å². The van der Waals surface area contributed by atoms with Gasteiger partial charge >= 0.3 is 0 Å². The van der Waals surface area contributed by atoms with Gasteiger partial charge in [-0.3, -0.25) is 0 Å². The normalized spacial score (nSPS) is 18.5. The number of piperidine rings is 1. The van der Waals surface area contributed by atoms with Gasteiger partial charge in [-0.1, -0.05) is 0 Å². The number of hydrogen-bond acceptors (Lipinski definition) is 3. The molecule has 0 bridgehead atoms. The maximum Gasteiger partial charge on any atom is 0.160 e. The zero-order chi connectivity index (χ0) is 13.4. The lowest BCUT2D eigenvalue weighted by molar-refractivity contribution is 0.152. The van der Waals surface area contributed by atoms with Crippen LogP contribution in [0.4, 0.5) is 0 Å². The van der Waals surface area contributed by atoms with E-state index in [2.05, 4.69) is 46.3 Å². The van der Waals surface area contributed by atoms with E-state index >= 15 is 0 Å². The molecule has 0 spiro atoms. The van der Waals surface area contributed by atoms with E-state index < -0.39 is 0 Å². The highest BCUT2D eigenvalue weighted by molar-refractivity contribution is 5.71. The number of pyridine rings is 1. The number of nitrogens with zero attached hydrogens (tertiary/aromatic N) is 4. The van der Waals surface area contributed by atoms with Gasteiger partial charge in [0, 0.05) is 31.4 Å². The second-order valence-electron chi connectivity index (χ2n) is 5.74. The molecule has 3 heterocycles. The van der Waals surface area contributed by atoms with Crippen molar-refractivity contribution in [1.29, 1.82) is 0 Å². The van der Waals surface area contributed by atoms with Crippen molar-refractivity contribution < 1.29 is 0 Å². The fourth-order valence-electron chi connectivity index (χ4n) is 3.14. The van der Waals surface area contributed by atoms with Crippen molar-refractivity contribution in [2.45, 2.75) is 45.7 Å². The Kier molecular flexibility index (Phi) is 3.27. The minimum Gasteiger partial charge on any atom is -0.310 e. The molecule has 4 nitrogen and oxygen atoms in total. The summed E-state index contributed by atoms with van der Waals surface area (Å²) in [5, 5.41) is 0. The Morgan fingerprint density at radius 1 is 1.26 bits per heavy atom. The van der Waals surface area contributed by atoms with Crippen LogP contribution in [0.5, 0.6) is 0 Å². The van der Waals surface area contributed by atoms with Gasteiger partial charge in [0.15, 0.2) is 5.65 Å². The quantitative estimate of drug-likeness (QED) is 0.830. The highest BCUT2D eigenvalue weighted by atomic mass is 15.2. The summed E-state index contributed by atoms with van der Waals surface area (Å²) in [5.74, 6) is 1.09. The third-order valence-corrected chi connectivity index (χ3v) is 4.22. The Labute approximate surface area is 114 Å². The van der Waals surface area contributed by atoms with Gasteiger partial charge < -0.3 is 9.47 Å². The van der Waals surface area contributed by atoms with Gasteiger partial charge in [0.1, 0.15) is 11.3 Å². The fraction of sp³-hybridized carbons (Fsp3) is 0.600. The lowest BCUT2D eigenvalue weighted by Crippen LogP contribution is -2.39. The van der Waals surface area contributed by atoms with Crippen LogP contribution < -0.4 is 0 Å². The third-order valence-electron chi connectivity index (χ3n) is 4.22. The van der Waals surface area contributed by atoms with Crippen molar-refractivity contribution in [3.63, 3.8) is 0 Å². The Morgan fingerprint density at radius 3 is 2.68 bits per heavy atom. The average Bonchev–Trinajstić information content (AvgIpc) is 2.74. The van der Waals surface area contributed by atoms with Crippen LogP contribution >= 0.6 is 0 Å². The van der Waals surface area contributed by atoms with Crippen LogP contribution in [0, 0.1) is 6.92 Å². The Balaban J connectivity index is 1.87. The van der Waals surface area contributed by atoms with Crippen LogP contribution in [-0.2, 0) is 0 Å². The lowest BCUT2D eigenvalue weighted by atomic mass is 10.0. The average molecular weight is 258 g/mol. The third kappa shape index (κ3) is 2.25. The van der Waals surface area contributed by atoms with E-state index in [4.69, 9.17) is 0 Å². The minimum absolute atomic E-state index is 0.551. The van der Waals surface area contributed by atoms with Crippen molar-refractivity contribution >= 4 is 11.2 Å². The number of hydrogen-bond donors (Lipinski definition) is 0. The maximum atomic E-state index is 4.63. The zero-order valence-electron chi connectivity index (χ0n) is 12.0.